The van der Waals surface area contributed by atoms with Gasteiger partial charge in [-0.05, 0) is 24.7 Å². The minimum atomic E-state index is -1.32. The molecule has 8 N–H and O–H groups in total. The number of primary amides is 1. The van der Waals surface area contributed by atoms with Crippen LogP contribution in [0.4, 0.5) is 0 Å². The number of carboxylic acid groups (broad SMARTS) is 1. The van der Waals surface area contributed by atoms with Crippen LogP contribution in [0.15, 0.2) is 0 Å². The number of carboxylic acids is 1. The Morgan fingerprint density at radius 1 is 0.966 bits per heavy atom. The Balaban J connectivity index is 4.81. The summed E-state index contributed by atoms with van der Waals surface area (Å²) >= 11 is 0. The van der Waals surface area contributed by atoms with Gasteiger partial charge < -0.3 is 32.5 Å². The standard InChI is InChI=1S/C18H33N5O6/c1-9(2)7-11(19)16(26)21-8-14(25)23-15(10(3)4)17(27)22-12(18(28)29)5-6-13(20)24/h9-12,15H,5-8,19H2,1-4H3,(H2,20,24)(H,21,26)(H,22,27)(H,23,25)(H,28,29). The van der Waals surface area contributed by atoms with Gasteiger partial charge in [0.1, 0.15) is 12.1 Å². The van der Waals surface area contributed by atoms with Gasteiger partial charge in [-0.25, -0.2) is 4.79 Å². The Labute approximate surface area is 170 Å². The molecule has 0 aromatic heterocycles. The lowest BCUT2D eigenvalue weighted by Crippen LogP contribution is -2.55. The third-order valence-electron chi connectivity index (χ3n) is 4.04. The van der Waals surface area contributed by atoms with Crippen LogP contribution in [0.2, 0.25) is 0 Å². The molecule has 0 saturated heterocycles. The molecule has 0 aromatic carbocycles. The van der Waals surface area contributed by atoms with Crippen LogP contribution in [0.3, 0.4) is 0 Å². The van der Waals surface area contributed by atoms with Crippen molar-refractivity contribution in [3.8, 4) is 0 Å². The number of carbonyl (C=O) groups excluding carboxylic acids is 4. The molecule has 0 spiro atoms. The number of hydrogen-bond donors (Lipinski definition) is 6. The van der Waals surface area contributed by atoms with Crippen molar-refractivity contribution >= 4 is 29.6 Å². The lowest BCUT2D eigenvalue weighted by atomic mass is 10.0. The molecule has 0 fully saturated rings. The van der Waals surface area contributed by atoms with E-state index in [1.165, 1.54) is 0 Å². The highest BCUT2D eigenvalue weighted by molar-refractivity contribution is 5.92. The highest BCUT2D eigenvalue weighted by Crippen LogP contribution is 2.05. The molecule has 3 unspecified atom stereocenters. The van der Waals surface area contributed by atoms with Crippen LogP contribution in [0.25, 0.3) is 0 Å². The Morgan fingerprint density at radius 2 is 1.55 bits per heavy atom. The van der Waals surface area contributed by atoms with Crippen LogP contribution in [0, 0.1) is 11.8 Å². The van der Waals surface area contributed by atoms with Crippen molar-refractivity contribution in [2.24, 2.45) is 23.3 Å². The number of amides is 4. The zero-order valence-corrected chi connectivity index (χ0v) is 17.4. The first-order valence-electron chi connectivity index (χ1n) is 9.49. The number of nitrogens with two attached hydrogens (primary N) is 2. The average Bonchev–Trinajstić information content (AvgIpc) is 2.59. The summed E-state index contributed by atoms with van der Waals surface area (Å²) < 4.78 is 0. The second-order valence-corrected chi connectivity index (χ2v) is 7.65. The number of hydrogen-bond acceptors (Lipinski definition) is 6. The van der Waals surface area contributed by atoms with Gasteiger partial charge in [-0.1, -0.05) is 27.7 Å². The van der Waals surface area contributed by atoms with E-state index < -0.39 is 47.7 Å². The Morgan fingerprint density at radius 3 is 2.00 bits per heavy atom. The second-order valence-electron chi connectivity index (χ2n) is 7.65. The summed E-state index contributed by atoms with van der Waals surface area (Å²) in [6.07, 6.45) is 0.0872. The van der Waals surface area contributed by atoms with Gasteiger partial charge in [0.25, 0.3) is 0 Å². The van der Waals surface area contributed by atoms with Crippen LogP contribution >= 0.6 is 0 Å². The third kappa shape index (κ3) is 11.0. The molecular formula is C18H33N5O6. The summed E-state index contributed by atoms with van der Waals surface area (Å²) in [4.78, 5) is 58.6. The molecule has 0 aromatic rings. The molecule has 0 rings (SSSR count). The van der Waals surface area contributed by atoms with Gasteiger partial charge in [0, 0.05) is 6.42 Å². The smallest absolute Gasteiger partial charge is 0.326 e. The van der Waals surface area contributed by atoms with Crippen LogP contribution in [0.5, 0.6) is 0 Å². The van der Waals surface area contributed by atoms with E-state index in [9.17, 15) is 29.1 Å². The largest absolute Gasteiger partial charge is 0.480 e. The Hall–Kier alpha value is -2.69. The minimum absolute atomic E-state index is 0.168. The van der Waals surface area contributed by atoms with Gasteiger partial charge in [-0.3, -0.25) is 19.2 Å². The topological polar surface area (TPSA) is 194 Å². The Bertz CT molecular complexity index is 608. The monoisotopic (exact) mass is 415 g/mol. The van der Waals surface area contributed by atoms with Gasteiger partial charge in [0.15, 0.2) is 0 Å². The van der Waals surface area contributed by atoms with Crippen molar-refractivity contribution < 1.29 is 29.1 Å². The van der Waals surface area contributed by atoms with Crippen molar-refractivity contribution in [2.45, 2.75) is 65.1 Å². The van der Waals surface area contributed by atoms with Gasteiger partial charge in [0.2, 0.25) is 23.6 Å². The molecule has 0 saturated carbocycles. The molecule has 4 amide bonds. The third-order valence-corrected chi connectivity index (χ3v) is 4.04. The fraction of sp³-hybridized carbons (Fsp3) is 0.722. The molecule has 0 aliphatic rings. The van der Waals surface area contributed by atoms with E-state index >= 15 is 0 Å². The maximum Gasteiger partial charge on any atom is 0.326 e. The molecule has 0 aliphatic heterocycles. The normalized spacial score (nSPS) is 14.0. The van der Waals surface area contributed by atoms with E-state index in [0.29, 0.717) is 6.42 Å². The first kappa shape index (κ1) is 26.3. The molecule has 11 nitrogen and oxygen atoms in total. The maximum absolute atomic E-state index is 12.4. The summed E-state index contributed by atoms with van der Waals surface area (Å²) in [5.74, 6) is -3.96. The van der Waals surface area contributed by atoms with Crippen LogP contribution in [-0.4, -0.2) is 59.4 Å². The quantitative estimate of drug-likeness (QED) is 0.209. The van der Waals surface area contributed by atoms with E-state index in [1.807, 2.05) is 13.8 Å². The van der Waals surface area contributed by atoms with E-state index in [-0.39, 0.29) is 31.2 Å². The summed E-state index contributed by atoms with van der Waals surface area (Å²) in [5, 5.41) is 16.4. The van der Waals surface area contributed by atoms with Crippen LogP contribution in [-0.2, 0) is 24.0 Å². The molecule has 166 valence electrons. The fourth-order valence-corrected chi connectivity index (χ4v) is 2.48. The van der Waals surface area contributed by atoms with Crippen LogP contribution in [0.1, 0.15) is 47.0 Å². The molecule has 0 aliphatic carbocycles. The Kier molecular flexibility index (Phi) is 11.5. The zero-order valence-electron chi connectivity index (χ0n) is 17.4. The van der Waals surface area contributed by atoms with E-state index in [2.05, 4.69) is 16.0 Å². The molecule has 0 radical (unpaired) electrons. The lowest BCUT2D eigenvalue weighted by molar-refractivity contribution is -0.142. The van der Waals surface area contributed by atoms with Crippen molar-refractivity contribution in [2.75, 3.05) is 6.54 Å². The predicted octanol–water partition coefficient (Wildman–Crippen LogP) is -1.55. The fourth-order valence-electron chi connectivity index (χ4n) is 2.48. The predicted molar refractivity (Wildman–Crippen MR) is 105 cm³/mol. The summed E-state index contributed by atoms with van der Waals surface area (Å²) in [7, 11) is 0. The summed E-state index contributed by atoms with van der Waals surface area (Å²) in [5.41, 5.74) is 10.7. The number of aliphatic carboxylic acids is 1. The average molecular weight is 415 g/mol. The van der Waals surface area contributed by atoms with E-state index in [0.717, 1.165) is 0 Å². The summed E-state index contributed by atoms with van der Waals surface area (Å²) in [6, 6.07) is -3.09. The van der Waals surface area contributed by atoms with Gasteiger partial charge >= 0.3 is 5.97 Å². The maximum atomic E-state index is 12.4. The van der Waals surface area contributed by atoms with E-state index in [1.54, 1.807) is 13.8 Å². The van der Waals surface area contributed by atoms with Gasteiger partial charge in [0.05, 0.1) is 12.6 Å². The molecule has 29 heavy (non-hydrogen) atoms. The van der Waals surface area contributed by atoms with Crippen molar-refractivity contribution in [3.63, 3.8) is 0 Å². The number of carbonyl (C=O) groups is 5. The minimum Gasteiger partial charge on any atom is -0.480 e. The molecule has 0 heterocycles. The van der Waals surface area contributed by atoms with Gasteiger partial charge in [-0.2, -0.15) is 0 Å². The highest BCUT2D eigenvalue weighted by atomic mass is 16.4. The van der Waals surface area contributed by atoms with Crippen molar-refractivity contribution in [1.29, 1.82) is 0 Å². The SMILES string of the molecule is CC(C)CC(N)C(=O)NCC(=O)NC(C(=O)NC(CCC(N)=O)C(=O)O)C(C)C. The van der Waals surface area contributed by atoms with Crippen molar-refractivity contribution in [3.05, 3.63) is 0 Å². The zero-order chi connectivity index (χ0) is 22.7. The van der Waals surface area contributed by atoms with Gasteiger partial charge in [-0.15, -0.1) is 0 Å². The summed E-state index contributed by atoms with van der Waals surface area (Å²) in [6.45, 7) is 6.80. The van der Waals surface area contributed by atoms with Crippen LogP contribution < -0.4 is 27.4 Å². The number of nitrogens with one attached hydrogen (secondary N) is 3. The first-order valence-corrected chi connectivity index (χ1v) is 9.49. The highest BCUT2D eigenvalue weighted by Gasteiger charge is 2.29. The number of rotatable bonds is 13. The molecule has 0 bridgehead atoms. The molecule has 3 atom stereocenters. The molecule has 11 heteroatoms. The van der Waals surface area contributed by atoms with E-state index in [4.69, 9.17) is 11.5 Å². The molecular weight excluding hydrogens is 382 g/mol. The second kappa shape index (κ2) is 12.7. The first-order chi connectivity index (χ1) is 13.3. The lowest BCUT2D eigenvalue weighted by Gasteiger charge is -2.24. The van der Waals surface area contributed by atoms with Crippen molar-refractivity contribution in [1.82, 2.24) is 16.0 Å².